The van der Waals surface area contributed by atoms with Gasteiger partial charge in [-0.25, -0.2) is 0 Å². The molecule has 2 N–H and O–H groups in total. The third-order valence-corrected chi connectivity index (χ3v) is 3.35. The van der Waals surface area contributed by atoms with E-state index in [9.17, 15) is 0 Å². The molecule has 0 spiro atoms. The minimum absolute atomic E-state index is 1.02. The molecule has 0 fully saturated rings. The minimum atomic E-state index is 1.02. The largest absolute Gasteiger partial charge is 0.358 e. The van der Waals surface area contributed by atoms with Crippen molar-refractivity contribution in [1.29, 1.82) is 0 Å². The predicted octanol–water partition coefficient (Wildman–Crippen LogP) is 2.86. The molecule has 16 heavy (non-hydrogen) atoms. The Hall–Kier alpha value is -1.28. The average Bonchev–Trinajstić information content (AvgIpc) is 2.60. The van der Waals surface area contributed by atoms with Crippen LogP contribution in [0.4, 0.5) is 0 Å². The van der Waals surface area contributed by atoms with Gasteiger partial charge in [0.1, 0.15) is 0 Å². The van der Waals surface area contributed by atoms with E-state index in [1.165, 1.54) is 33.3 Å². The van der Waals surface area contributed by atoms with Gasteiger partial charge in [0.2, 0.25) is 0 Å². The first kappa shape index (κ1) is 11.2. The number of rotatable bonds is 3. The first-order valence-corrected chi connectivity index (χ1v) is 5.87. The third-order valence-electron chi connectivity index (χ3n) is 3.35. The van der Waals surface area contributed by atoms with Crippen molar-refractivity contribution in [1.82, 2.24) is 10.3 Å². The lowest BCUT2D eigenvalue weighted by Crippen LogP contribution is -2.10. The Balaban J connectivity index is 2.58. The van der Waals surface area contributed by atoms with Gasteiger partial charge in [0.25, 0.3) is 0 Å². The molecule has 2 aromatic rings. The van der Waals surface area contributed by atoms with Crippen molar-refractivity contribution in [2.45, 2.75) is 27.2 Å². The van der Waals surface area contributed by atoms with E-state index in [4.69, 9.17) is 0 Å². The number of nitrogens with one attached hydrogen (secondary N) is 2. The lowest BCUT2D eigenvalue weighted by molar-refractivity contribution is 0.778. The van der Waals surface area contributed by atoms with Crippen molar-refractivity contribution < 1.29 is 0 Å². The lowest BCUT2D eigenvalue weighted by Gasteiger charge is -2.00. The molecule has 0 bridgehead atoms. The third kappa shape index (κ3) is 1.74. The predicted molar refractivity (Wildman–Crippen MR) is 70.1 cm³/mol. The summed E-state index contributed by atoms with van der Waals surface area (Å²) in [6.45, 7) is 7.59. The van der Waals surface area contributed by atoms with Gasteiger partial charge in [-0.1, -0.05) is 12.1 Å². The molecule has 2 rings (SSSR count). The lowest BCUT2D eigenvalue weighted by atomic mass is 10.0. The molecule has 0 atom stereocenters. The van der Waals surface area contributed by atoms with E-state index < -0.39 is 0 Å². The summed E-state index contributed by atoms with van der Waals surface area (Å²) < 4.78 is 0. The van der Waals surface area contributed by atoms with Gasteiger partial charge in [0, 0.05) is 29.6 Å². The molecule has 0 aliphatic rings. The van der Waals surface area contributed by atoms with E-state index in [1.807, 2.05) is 7.05 Å². The second-order valence-corrected chi connectivity index (χ2v) is 4.53. The summed E-state index contributed by atoms with van der Waals surface area (Å²) in [5, 5.41) is 4.61. The Morgan fingerprint density at radius 1 is 1.12 bits per heavy atom. The Kier molecular flexibility index (Phi) is 3.01. The van der Waals surface area contributed by atoms with Crippen LogP contribution in [0.2, 0.25) is 0 Å². The fourth-order valence-corrected chi connectivity index (χ4v) is 2.35. The number of aromatic amines is 1. The van der Waals surface area contributed by atoms with Crippen LogP contribution in [0, 0.1) is 20.8 Å². The summed E-state index contributed by atoms with van der Waals surface area (Å²) in [6.07, 6.45) is 1.07. The standard InChI is InChI=1S/C14H20N2/c1-9-5-6-10(2)14-13(9)11(3)12(16-14)7-8-15-4/h5-6,15-16H,7-8H2,1-4H3. The molecule has 0 aliphatic heterocycles. The van der Waals surface area contributed by atoms with E-state index >= 15 is 0 Å². The number of benzene rings is 1. The van der Waals surface area contributed by atoms with Crippen molar-refractivity contribution in [3.63, 3.8) is 0 Å². The van der Waals surface area contributed by atoms with Gasteiger partial charge in [0.05, 0.1) is 0 Å². The Labute approximate surface area is 97.1 Å². The van der Waals surface area contributed by atoms with Gasteiger partial charge >= 0.3 is 0 Å². The fourth-order valence-electron chi connectivity index (χ4n) is 2.35. The Bertz CT molecular complexity index is 509. The fraction of sp³-hybridized carbons (Fsp3) is 0.429. The van der Waals surface area contributed by atoms with Crippen LogP contribution >= 0.6 is 0 Å². The van der Waals surface area contributed by atoms with Crippen LogP contribution < -0.4 is 5.32 Å². The topological polar surface area (TPSA) is 27.8 Å². The molecule has 1 aromatic carbocycles. The zero-order valence-corrected chi connectivity index (χ0v) is 10.6. The molecule has 1 heterocycles. The monoisotopic (exact) mass is 216 g/mol. The average molecular weight is 216 g/mol. The van der Waals surface area contributed by atoms with Gasteiger partial charge in [-0.2, -0.15) is 0 Å². The summed E-state index contributed by atoms with van der Waals surface area (Å²) in [5.41, 5.74) is 6.78. The smallest absolute Gasteiger partial charge is 0.0491 e. The Morgan fingerprint density at radius 3 is 2.44 bits per heavy atom. The first-order chi connectivity index (χ1) is 7.65. The quantitative estimate of drug-likeness (QED) is 0.811. The molecular weight excluding hydrogens is 196 g/mol. The van der Waals surface area contributed by atoms with Crippen molar-refractivity contribution in [3.05, 3.63) is 34.5 Å². The highest BCUT2D eigenvalue weighted by atomic mass is 14.8. The van der Waals surface area contributed by atoms with Crippen LogP contribution in [-0.2, 0) is 6.42 Å². The molecule has 1 aromatic heterocycles. The molecule has 2 nitrogen and oxygen atoms in total. The molecule has 2 heteroatoms. The van der Waals surface area contributed by atoms with Crippen molar-refractivity contribution in [2.75, 3.05) is 13.6 Å². The highest BCUT2D eigenvalue weighted by Crippen LogP contribution is 2.27. The molecule has 86 valence electrons. The van der Waals surface area contributed by atoms with Gasteiger partial charge in [-0.3, -0.25) is 0 Å². The SMILES string of the molecule is CNCCc1[nH]c2c(C)ccc(C)c2c1C. The molecular formula is C14H20N2. The van der Waals surface area contributed by atoms with Gasteiger partial charge in [-0.05, 0) is 44.5 Å². The number of aromatic nitrogens is 1. The number of hydrogen-bond donors (Lipinski definition) is 2. The van der Waals surface area contributed by atoms with Gasteiger partial charge in [-0.15, -0.1) is 0 Å². The van der Waals surface area contributed by atoms with Crippen LogP contribution in [-0.4, -0.2) is 18.6 Å². The highest BCUT2D eigenvalue weighted by molar-refractivity contribution is 5.89. The van der Waals surface area contributed by atoms with E-state index in [-0.39, 0.29) is 0 Å². The summed E-state index contributed by atoms with van der Waals surface area (Å²) in [6, 6.07) is 4.40. The van der Waals surface area contributed by atoms with E-state index in [0.717, 1.165) is 13.0 Å². The van der Waals surface area contributed by atoms with E-state index in [1.54, 1.807) is 0 Å². The van der Waals surface area contributed by atoms with Crippen LogP contribution in [0.3, 0.4) is 0 Å². The number of H-pyrrole nitrogens is 1. The maximum Gasteiger partial charge on any atom is 0.0491 e. The number of likely N-dealkylation sites (N-methyl/N-ethyl adjacent to an activating group) is 1. The van der Waals surface area contributed by atoms with Gasteiger partial charge < -0.3 is 10.3 Å². The van der Waals surface area contributed by atoms with E-state index in [0.29, 0.717) is 0 Å². The number of fused-ring (bicyclic) bond motifs is 1. The van der Waals surface area contributed by atoms with Crippen LogP contribution in [0.1, 0.15) is 22.4 Å². The van der Waals surface area contributed by atoms with Gasteiger partial charge in [0.15, 0.2) is 0 Å². The molecule has 0 amide bonds. The normalized spacial score (nSPS) is 11.2. The molecule has 0 aliphatic carbocycles. The number of aryl methyl sites for hydroxylation is 3. The maximum atomic E-state index is 3.57. The molecule has 0 unspecified atom stereocenters. The molecule has 0 saturated heterocycles. The Morgan fingerprint density at radius 2 is 1.81 bits per heavy atom. The second kappa shape index (κ2) is 4.30. The minimum Gasteiger partial charge on any atom is -0.358 e. The summed E-state index contributed by atoms with van der Waals surface area (Å²) >= 11 is 0. The number of hydrogen-bond acceptors (Lipinski definition) is 1. The van der Waals surface area contributed by atoms with Crippen molar-refractivity contribution >= 4 is 10.9 Å². The van der Waals surface area contributed by atoms with Crippen molar-refractivity contribution in [2.24, 2.45) is 0 Å². The van der Waals surface area contributed by atoms with Crippen LogP contribution in [0.5, 0.6) is 0 Å². The molecule has 0 radical (unpaired) electrons. The zero-order valence-electron chi connectivity index (χ0n) is 10.6. The van der Waals surface area contributed by atoms with Crippen LogP contribution in [0.25, 0.3) is 10.9 Å². The second-order valence-electron chi connectivity index (χ2n) is 4.53. The highest BCUT2D eigenvalue weighted by Gasteiger charge is 2.10. The maximum absolute atomic E-state index is 3.57. The first-order valence-electron chi connectivity index (χ1n) is 5.87. The molecule has 0 saturated carbocycles. The summed E-state index contributed by atoms with van der Waals surface area (Å²) in [4.78, 5) is 3.57. The zero-order chi connectivity index (χ0) is 11.7. The summed E-state index contributed by atoms with van der Waals surface area (Å²) in [5.74, 6) is 0. The van der Waals surface area contributed by atoms with E-state index in [2.05, 4.69) is 43.2 Å². The van der Waals surface area contributed by atoms with Crippen molar-refractivity contribution in [3.8, 4) is 0 Å². The van der Waals surface area contributed by atoms with Crippen LogP contribution in [0.15, 0.2) is 12.1 Å². The summed E-state index contributed by atoms with van der Waals surface area (Å²) in [7, 11) is 1.99.